The van der Waals surface area contributed by atoms with Gasteiger partial charge in [0.15, 0.2) is 5.75 Å². The monoisotopic (exact) mass is 246 g/mol. The third-order valence-corrected chi connectivity index (χ3v) is 2.85. The van der Waals surface area contributed by atoms with Gasteiger partial charge in [0.25, 0.3) is 0 Å². The van der Waals surface area contributed by atoms with Crippen molar-refractivity contribution in [2.45, 2.75) is 26.4 Å². The highest BCUT2D eigenvalue weighted by Gasteiger charge is 2.06. The molecule has 0 aromatic carbocycles. The Morgan fingerprint density at radius 1 is 1.50 bits per heavy atom. The second-order valence-corrected chi connectivity index (χ2v) is 4.07. The predicted molar refractivity (Wildman–Crippen MR) is 69.7 cm³/mol. The molecule has 0 aliphatic carbocycles. The number of aromatic nitrogens is 3. The minimum absolute atomic E-state index is 0.272. The number of ether oxygens (including phenoxy) is 1. The maximum Gasteiger partial charge on any atom is 0.219 e. The van der Waals surface area contributed by atoms with Crippen molar-refractivity contribution in [2.75, 3.05) is 7.05 Å². The molecule has 0 spiro atoms. The molecular weight excluding hydrogens is 228 g/mol. The second kappa shape index (κ2) is 5.64. The molecule has 2 aromatic rings. The standard InChI is InChI=1S/C13H18N4O/c1-4-17-9-12(8-16-17)18-13-7-11(5-6-15-13)10(2)14-3/h5-10,14H,4H2,1-3H3. The van der Waals surface area contributed by atoms with Gasteiger partial charge in [0.05, 0.1) is 12.4 Å². The fraction of sp³-hybridized carbons (Fsp3) is 0.385. The van der Waals surface area contributed by atoms with E-state index in [-0.39, 0.29) is 6.04 Å². The van der Waals surface area contributed by atoms with Crippen molar-refractivity contribution >= 4 is 0 Å². The molecule has 0 aliphatic heterocycles. The van der Waals surface area contributed by atoms with Crippen molar-refractivity contribution < 1.29 is 4.74 Å². The maximum absolute atomic E-state index is 5.67. The van der Waals surface area contributed by atoms with E-state index in [4.69, 9.17) is 4.74 Å². The summed E-state index contributed by atoms with van der Waals surface area (Å²) in [5, 5.41) is 7.34. The second-order valence-electron chi connectivity index (χ2n) is 4.07. The third-order valence-electron chi connectivity index (χ3n) is 2.85. The molecule has 1 N–H and O–H groups in total. The van der Waals surface area contributed by atoms with Gasteiger partial charge < -0.3 is 10.1 Å². The van der Waals surface area contributed by atoms with E-state index in [0.717, 1.165) is 12.1 Å². The van der Waals surface area contributed by atoms with E-state index < -0.39 is 0 Å². The lowest BCUT2D eigenvalue weighted by molar-refractivity contribution is 0.459. The zero-order valence-corrected chi connectivity index (χ0v) is 10.9. The lowest BCUT2D eigenvalue weighted by atomic mass is 10.1. The Balaban J connectivity index is 2.13. The quantitative estimate of drug-likeness (QED) is 0.880. The van der Waals surface area contributed by atoms with Crippen LogP contribution in [0.5, 0.6) is 11.6 Å². The Hall–Kier alpha value is -1.88. The van der Waals surface area contributed by atoms with Crippen LogP contribution in [0.15, 0.2) is 30.7 Å². The third kappa shape index (κ3) is 2.87. The zero-order valence-electron chi connectivity index (χ0n) is 10.9. The molecule has 0 radical (unpaired) electrons. The van der Waals surface area contributed by atoms with Crippen molar-refractivity contribution in [3.63, 3.8) is 0 Å². The Bertz CT molecular complexity index is 509. The summed E-state index contributed by atoms with van der Waals surface area (Å²) < 4.78 is 7.49. The highest BCUT2D eigenvalue weighted by Crippen LogP contribution is 2.21. The van der Waals surface area contributed by atoms with Crippen LogP contribution in [0.4, 0.5) is 0 Å². The van der Waals surface area contributed by atoms with E-state index in [9.17, 15) is 0 Å². The summed E-state index contributed by atoms with van der Waals surface area (Å²) in [6, 6.07) is 4.18. The Morgan fingerprint density at radius 3 is 3.00 bits per heavy atom. The summed E-state index contributed by atoms with van der Waals surface area (Å²) in [6.45, 7) is 4.95. The molecule has 0 bridgehead atoms. The summed E-state index contributed by atoms with van der Waals surface area (Å²) in [6.07, 6.45) is 5.30. The van der Waals surface area contributed by atoms with Crippen LogP contribution in [0.3, 0.4) is 0 Å². The highest BCUT2D eigenvalue weighted by molar-refractivity contribution is 5.27. The molecule has 0 aliphatic rings. The average Bonchev–Trinajstić information content (AvgIpc) is 2.86. The maximum atomic E-state index is 5.67. The molecule has 96 valence electrons. The van der Waals surface area contributed by atoms with Gasteiger partial charge in [0.2, 0.25) is 5.88 Å². The van der Waals surface area contributed by atoms with Crippen LogP contribution in [0.25, 0.3) is 0 Å². The van der Waals surface area contributed by atoms with E-state index in [1.807, 2.05) is 37.0 Å². The smallest absolute Gasteiger partial charge is 0.219 e. The number of rotatable bonds is 5. The van der Waals surface area contributed by atoms with Crippen molar-refractivity contribution in [1.82, 2.24) is 20.1 Å². The van der Waals surface area contributed by atoms with Gasteiger partial charge in [-0.15, -0.1) is 0 Å². The number of aryl methyl sites for hydroxylation is 1. The molecule has 2 heterocycles. The van der Waals surface area contributed by atoms with Gasteiger partial charge >= 0.3 is 0 Å². The fourth-order valence-corrected chi connectivity index (χ4v) is 1.61. The van der Waals surface area contributed by atoms with Crippen molar-refractivity contribution in [2.24, 2.45) is 0 Å². The lowest BCUT2D eigenvalue weighted by Crippen LogP contribution is -2.12. The molecule has 2 aromatic heterocycles. The molecule has 0 amide bonds. The Labute approximate surface area is 107 Å². The summed E-state index contributed by atoms with van der Waals surface area (Å²) in [5.74, 6) is 1.30. The SMILES string of the molecule is CCn1cc(Oc2cc(C(C)NC)ccn2)cn1. The topological polar surface area (TPSA) is 52.0 Å². The van der Waals surface area contributed by atoms with E-state index in [2.05, 4.69) is 22.3 Å². The van der Waals surface area contributed by atoms with Gasteiger partial charge in [-0.3, -0.25) is 4.68 Å². The van der Waals surface area contributed by atoms with Gasteiger partial charge in [-0.05, 0) is 32.5 Å². The number of nitrogens with zero attached hydrogens (tertiary/aromatic N) is 3. The van der Waals surface area contributed by atoms with E-state index in [1.165, 1.54) is 0 Å². The highest BCUT2D eigenvalue weighted by atomic mass is 16.5. The van der Waals surface area contributed by atoms with Crippen molar-refractivity contribution in [3.05, 3.63) is 36.3 Å². The van der Waals surface area contributed by atoms with E-state index >= 15 is 0 Å². The zero-order chi connectivity index (χ0) is 13.0. The fourth-order valence-electron chi connectivity index (χ4n) is 1.61. The van der Waals surface area contributed by atoms with Crippen LogP contribution in [0.2, 0.25) is 0 Å². The van der Waals surface area contributed by atoms with Crippen LogP contribution < -0.4 is 10.1 Å². The van der Waals surface area contributed by atoms with Crippen LogP contribution in [0.1, 0.15) is 25.5 Å². The number of pyridine rings is 1. The minimum atomic E-state index is 0.272. The molecule has 5 heteroatoms. The number of hydrogen-bond donors (Lipinski definition) is 1. The van der Waals surface area contributed by atoms with Gasteiger partial charge in [0, 0.05) is 24.8 Å². The largest absolute Gasteiger partial charge is 0.436 e. The molecule has 0 fully saturated rings. The first-order chi connectivity index (χ1) is 8.72. The van der Waals surface area contributed by atoms with Gasteiger partial charge in [-0.1, -0.05) is 0 Å². The molecule has 1 unspecified atom stereocenters. The Morgan fingerprint density at radius 2 is 2.33 bits per heavy atom. The molecule has 0 saturated carbocycles. The molecule has 2 rings (SSSR count). The van der Waals surface area contributed by atoms with Gasteiger partial charge in [-0.2, -0.15) is 5.10 Å². The first-order valence-electron chi connectivity index (χ1n) is 6.06. The average molecular weight is 246 g/mol. The van der Waals surface area contributed by atoms with Gasteiger partial charge in [-0.25, -0.2) is 4.98 Å². The molecule has 1 atom stereocenters. The van der Waals surface area contributed by atoms with Gasteiger partial charge in [0.1, 0.15) is 0 Å². The van der Waals surface area contributed by atoms with Crippen LogP contribution in [0, 0.1) is 0 Å². The summed E-state index contributed by atoms with van der Waals surface area (Å²) >= 11 is 0. The first-order valence-corrected chi connectivity index (χ1v) is 6.06. The first kappa shape index (κ1) is 12.6. The van der Waals surface area contributed by atoms with E-state index in [0.29, 0.717) is 11.6 Å². The van der Waals surface area contributed by atoms with Crippen LogP contribution in [-0.4, -0.2) is 21.8 Å². The van der Waals surface area contributed by atoms with E-state index in [1.54, 1.807) is 12.4 Å². The number of nitrogens with one attached hydrogen (secondary N) is 1. The molecule has 5 nitrogen and oxygen atoms in total. The minimum Gasteiger partial charge on any atom is -0.436 e. The molecular formula is C13H18N4O. The summed E-state index contributed by atoms with van der Waals surface area (Å²) in [7, 11) is 1.93. The number of hydrogen-bond acceptors (Lipinski definition) is 4. The normalized spacial score (nSPS) is 12.4. The molecule has 18 heavy (non-hydrogen) atoms. The molecule has 0 saturated heterocycles. The van der Waals surface area contributed by atoms with Crippen molar-refractivity contribution in [3.8, 4) is 11.6 Å². The summed E-state index contributed by atoms with van der Waals surface area (Å²) in [5.41, 5.74) is 1.14. The Kier molecular flexibility index (Phi) is 3.94. The lowest BCUT2D eigenvalue weighted by Gasteiger charge is -2.11. The van der Waals surface area contributed by atoms with Crippen LogP contribution >= 0.6 is 0 Å². The van der Waals surface area contributed by atoms with Crippen LogP contribution in [-0.2, 0) is 6.54 Å². The predicted octanol–water partition coefficient (Wildman–Crippen LogP) is 2.37. The summed E-state index contributed by atoms with van der Waals surface area (Å²) in [4.78, 5) is 4.20. The van der Waals surface area contributed by atoms with Crippen molar-refractivity contribution in [1.29, 1.82) is 0 Å².